The van der Waals surface area contributed by atoms with Gasteiger partial charge in [-0.3, -0.25) is 0 Å². The van der Waals surface area contributed by atoms with Crippen molar-refractivity contribution in [1.82, 2.24) is 5.32 Å². The highest BCUT2D eigenvalue weighted by Gasteiger charge is 2.18. The number of nitrogens with one attached hydrogen (secondary N) is 2. The first kappa shape index (κ1) is 18.6. The number of hydrogen-bond acceptors (Lipinski definition) is 3. The Morgan fingerprint density at radius 1 is 1.17 bits per heavy atom. The molecule has 2 amide bonds. The van der Waals surface area contributed by atoms with E-state index in [0.29, 0.717) is 13.2 Å². The molecular formula is C19H30N2O3. The predicted molar refractivity (Wildman–Crippen MR) is 96.7 cm³/mol. The van der Waals surface area contributed by atoms with Gasteiger partial charge in [0.2, 0.25) is 0 Å². The van der Waals surface area contributed by atoms with Crippen molar-refractivity contribution in [3.8, 4) is 5.75 Å². The van der Waals surface area contributed by atoms with Crippen molar-refractivity contribution in [3.05, 3.63) is 24.3 Å². The number of carbonyl (C=O) groups is 1. The molecule has 0 saturated heterocycles. The Hall–Kier alpha value is -1.75. The van der Waals surface area contributed by atoms with Gasteiger partial charge in [-0.05, 0) is 50.7 Å². The number of unbranched alkanes of at least 4 members (excludes halogenated alkanes) is 1. The summed E-state index contributed by atoms with van der Waals surface area (Å²) in [6, 6.07) is 7.42. The number of ether oxygens (including phenoxy) is 2. The van der Waals surface area contributed by atoms with Gasteiger partial charge >= 0.3 is 6.03 Å². The van der Waals surface area contributed by atoms with Crippen LogP contribution in [0.15, 0.2) is 24.3 Å². The molecule has 134 valence electrons. The van der Waals surface area contributed by atoms with Crippen LogP contribution in [0.25, 0.3) is 0 Å². The number of benzene rings is 1. The molecular weight excluding hydrogens is 304 g/mol. The molecule has 0 spiro atoms. The van der Waals surface area contributed by atoms with Gasteiger partial charge in [0.05, 0.1) is 11.8 Å². The Morgan fingerprint density at radius 2 is 1.92 bits per heavy atom. The number of para-hydroxylation sites is 2. The minimum Gasteiger partial charge on any atom is -0.488 e. The standard InChI is InChI=1S/C19H30N2O3/c1-2-3-14-23-15-8-13-20-19(22)21-17-11-6-7-12-18(17)24-16-9-4-5-10-16/h6-7,11-12,16H,2-5,8-10,13-15H2,1H3,(H2,20,21,22). The summed E-state index contributed by atoms with van der Waals surface area (Å²) >= 11 is 0. The number of hydrogen-bond donors (Lipinski definition) is 2. The molecule has 0 bridgehead atoms. The molecule has 1 aliphatic carbocycles. The zero-order chi connectivity index (χ0) is 17.0. The Kier molecular flexibility index (Phi) is 8.46. The lowest BCUT2D eigenvalue weighted by molar-refractivity contribution is 0.129. The molecule has 5 heteroatoms. The number of carbonyl (C=O) groups excluding carboxylic acids is 1. The van der Waals surface area contributed by atoms with Crippen molar-refractivity contribution >= 4 is 11.7 Å². The Labute approximate surface area is 145 Å². The summed E-state index contributed by atoms with van der Waals surface area (Å²) in [4.78, 5) is 12.0. The van der Waals surface area contributed by atoms with E-state index in [-0.39, 0.29) is 12.1 Å². The van der Waals surface area contributed by atoms with Crippen molar-refractivity contribution in [2.75, 3.05) is 25.1 Å². The van der Waals surface area contributed by atoms with E-state index < -0.39 is 0 Å². The fourth-order valence-corrected chi connectivity index (χ4v) is 2.75. The normalized spacial score (nSPS) is 14.5. The van der Waals surface area contributed by atoms with E-state index in [1.54, 1.807) is 0 Å². The van der Waals surface area contributed by atoms with Crippen LogP contribution in [0.1, 0.15) is 51.9 Å². The van der Waals surface area contributed by atoms with Crippen molar-refractivity contribution in [1.29, 1.82) is 0 Å². The lowest BCUT2D eigenvalue weighted by Gasteiger charge is -2.17. The number of rotatable bonds is 10. The molecule has 1 aliphatic rings. The SMILES string of the molecule is CCCCOCCCNC(=O)Nc1ccccc1OC1CCCC1. The molecule has 1 aromatic carbocycles. The molecule has 0 radical (unpaired) electrons. The highest BCUT2D eigenvalue weighted by atomic mass is 16.5. The second kappa shape index (κ2) is 10.9. The first-order valence-electron chi connectivity index (χ1n) is 9.18. The van der Waals surface area contributed by atoms with Gasteiger partial charge in [0.1, 0.15) is 5.75 Å². The van der Waals surface area contributed by atoms with Crippen LogP contribution in [0, 0.1) is 0 Å². The molecule has 1 aromatic rings. The molecule has 5 nitrogen and oxygen atoms in total. The van der Waals surface area contributed by atoms with Crippen molar-refractivity contribution in [3.63, 3.8) is 0 Å². The van der Waals surface area contributed by atoms with Crippen LogP contribution in [-0.2, 0) is 4.74 Å². The van der Waals surface area contributed by atoms with Gasteiger partial charge in [-0.15, -0.1) is 0 Å². The van der Waals surface area contributed by atoms with Crippen molar-refractivity contribution in [2.45, 2.75) is 58.0 Å². The second-order valence-corrected chi connectivity index (χ2v) is 6.22. The summed E-state index contributed by atoms with van der Waals surface area (Å²) in [5, 5.41) is 5.74. The largest absolute Gasteiger partial charge is 0.488 e. The van der Waals surface area contributed by atoms with E-state index in [4.69, 9.17) is 9.47 Å². The van der Waals surface area contributed by atoms with E-state index in [9.17, 15) is 4.79 Å². The summed E-state index contributed by atoms with van der Waals surface area (Å²) in [7, 11) is 0. The monoisotopic (exact) mass is 334 g/mol. The third kappa shape index (κ3) is 6.79. The predicted octanol–water partition coefficient (Wildman–Crippen LogP) is 4.34. The minimum atomic E-state index is -0.203. The molecule has 0 heterocycles. The van der Waals surface area contributed by atoms with Crippen molar-refractivity contribution < 1.29 is 14.3 Å². The second-order valence-electron chi connectivity index (χ2n) is 6.22. The third-order valence-corrected chi connectivity index (χ3v) is 4.12. The number of urea groups is 1. The van der Waals surface area contributed by atoms with Gasteiger partial charge in [0.15, 0.2) is 0 Å². The lowest BCUT2D eigenvalue weighted by atomic mass is 10.2. The van der Waals surface area contributed by atoms with Crippen molar-refractivity contribution in [2.24, 2.45) is 0 Å². The average Bonchev–Trinajstić information content (AvgIpc) is 3.09. The summed E-state index contributed by atoms with van der Waals surface area (Å²) in [6.45, 7) is 4.23. The maximum atomic E-state index is 12.0. The smallest absolute Gasteiger partial charge is 0.319 e. The van der Waals surface area contributed by atoms with Gasteiger partial charge < -0.3 is 20.1 Å². The molecule has 0 aliphatic heterocycles. The highest BCUT2D eigenvalue weighted by molar-refractivity contribution is 5.90. The van der Waals surface area contributed by atoms with Gasteiger partial charge in [-0.25, -0.2) is 4.79 Å². The summed E-state index contributed by atoms with van der Waals surface area (Å²) in [6.07, 6.45) is 7.96. The van der Waals surface area contributed by atoms with Crippen LogP contribution in [0.5, 0.6) is 5.75 Å². The summed E-state index contributed by atoms with van der Waals surface area (Å²) in [5.41, 5.74) is 0.723. The zero-order valence-electron chi connectivity index (χ0n) is 14.7. The quantitative estimate of drug-likeness (QED) is 0.626. The molecule has 0 unspecified atom stereocenters. The van der Waals surface area contributed by atoms with Crippen LogP contribution in [-0.4, -0.2) is 31.9 Å². The average molecular weight is 334 g/mol. The van der Waals surface area contributed by atoms with Crippen LogP contribution in [0.4, 0.5) is 10.5 Å². The van der Waals surface area contributed by atoms with Gasteiger partial charge in [0.25, 0.3) is 0 Å². The van der Waals surface area contributed by atoms with Crippen LogP contribution < -0.4 is 15.4 Å². The maximum Gasteiger partial charge on any atom is 0.319 e. The molecule has 0 atom stereocenters. The molecule has 1 fully saturated rings. The molecule has 2 rings (SSSR count). The molecule has 0 aromatic heterocycles. The maximum absolute atomic E-state index is 12.0. The van der Waals surface area contributed by atoms with Crippen LogP contribution in [0.2, 0.25) is 0 Å². The minimum absolute atomic E-state index is 0.203. The Morgan fingerprint density at radius 3 is 2.71 bits per heavy atom. The first-order chi connectivity index (χ1) is 11.8. The van der Waals surface area contributed by atoms with E-state index in [1.165, 1.54) is 12.8 Å². The fourth-order valence-electron chi connectivity index (χ4n) is 2.75. The van der Waals surface area contributed by atoms with E-state index in [1.807, 2.05) is 24.3 Å². The summed E-state index contributed by atoms with van der Waals surface area (Å²) in [5.74, 6) is 0.752. The van der Waals surface area contributed by atoms with Gasteiger partial charge in [0, 0.05) is 19.8 Å². The first-order valence-corrected chi connectivity index (χ1v) is 9.18. The highest BCUT2D eigenvalue weighted by Crippen LogP contribution is 2.29. The third-order valence-electron chi connectivity index (χ3n) is 4.12. The van der Waals surface area contributed by atoms with Crippen LogP contribution >= 0.6 is 0 Å². The van der Waals surface area contributed by atoms with E-state index >= 15 is 0 Å². The van der Waals surface area contributed by atoms with E-state index in [0.717, 1.165) is 50.1 Å². The Balaban J connectivity index is 1.69. The van der Waals surface area contributed by atoms with Crippen LogP contribution in [0.3, 0.4) is 0 Å². The van der Waals surface area contributed by atoms with E-state index in [2.05, 4.69) is 17.6 Å². The Bertz CT molecular complexity index is 487. The molecule has 24 heavy (non-hydrogen) atoms. The molecule has 1 saturated carbocycles. The topological polar surface area (TPSA) is 59.6 Å². The van der Waals surface area contributed by atoms with Gasteiger partial charge in [-0.2, -0.15) is 0 Å². The number of amides is 2. The number of anilines is 1. The lowest BCUT2D eigenvalue weighted by Crippen LogP contribution is -2.30. The summed E-state index contributed by atoms with van der Waals surface area (Å²) < 4.78 is 11.5. The fraction of sp³-hybridized carbons (Fsp3) is 0.632. The zero-order valence-corrected chi connectivity index (χ0v) is 14.7. The van der Waals surface area contributed by atoms with Gasteiger partial charge in [-0.1, -0.05) is 25.5 Å². The molecule has 2 N–H and O–H groups in total.